The predicted molar refractivity (Wildman–Crippen MR) is 123 cm³/mol. The van der Waals surface area contributed by atoms with Crippen LogP contribution in [-0.4, -0.2) is 25.6 Å². The minimum Gasteiger partial charge on any atom is -0.340 e. The van der Waals surface area contributed by atoms with Gasteiger partial charge in [0.25, 0.3) is 5.91 Å². The number of benzene rings is 1. The molecule has 3 aromatic heterocycles. The number of aryl methyl sites for hydroxylation is 1. The van der Waals surface area contributed by atoms with Crippen molar-refractivity contribution < 1.29 is 9.32 Å². The number of amides is 1. The zero-order valence-corrected chi connectivity index (χ0v) is 19.1. The molecule has 0 fully saturated rings. The molecule has 164 valence electrons. The molecular weight excluding hydrogens is 426 g/mol. The van der Waals surface area contributed by atoms with Crippen molar-refractivity contribution in [2.45, 2.75) is 33.7 Å². The number of nitrogens with zero attached hydrogens (tertiary/aromatic N) is 4. The Labute approximate surface area is 191 Å². The quantitative estimate of drug-likeness (QED) is 0.430. The standard InChI is InChI=1S/C24H24ClN5O2/c1-14(2)21(24-28-22(29-32-24)17-9-11-26-12-10-17)27-23(31)20-13-15(3)30(16(20)4)19-7-5-18(25)6-8-19/h5-14,21H,1-4H3,(H,27,31). The zero-order valence-electron chi connectivity index (χ0n) is 18.3. The van der Waals surface area contributed by atoms with Crippen LogP contribution in [0.1, 0.15) is 47.5 Å². The molecule has 8 heteroatoms. The van der Waals surface area contributed by atoms with Crippen molar-refractivity contribution in [2.75, 3.05) is 0 Å². The summed E-state index contributed by atoms with van der Waals surface area (Å²) in [5.41, 5.74) is 4.14. The normalized spacial score (nSPS) is 12.2. The van der Waals surface area contributed by atoms with Crippen molar-refractivity contribution >= 4 is 17.5 Å². The summed E-state index contributed by atoms with van der Waals surface area (Å²) in [5, 5.41) is 7.81. The van der Waals surface area contributed by atoms with E-state index in [1.54, 1.807) is 12.4 Å². The molecule has 1 amide bonds. The topological polar surface area (TPSA) is 85.8 Å². The van der Waals surface area contributed by atoms with E-state index in [0.29, 0.717) is 22.3 Å². The molecule has 0 radical (unpaired) electrons. The van der Waals surface area contributed by atoms with Crippen LogP contribution in [0, 0.1) is 19.8 Å². The van der Waals surface area contributed by atoms with Crippen molar-refractivity contribution in [1.82, 2.24) is 25.0 Å². The molecule has 0 aliphatic rings. The van der Waals surface area contributed by atoms with Crippen molar-refractivity contribution in [3.05, 3.63) is 82.7 Å². The van der Waals surface area contributed by atoms with Gasteiger partial charge in [-0.05, 0) is 62.2 Å². The fourth-order valence-electron chi connectivity index (χ4n) is 3.69. The smallest absolute Gasteiger partial charge is 0.253 e. The van der Waals surface area contributed by atoms with Crippen LogP contribution in [0.3, 0.4) is 0 Å². The first-order chi connectivity index (χ1) is 15.3. The lowest BCUT2D eigenvalue weighted by molar-refractivity contribution is 0.0913. The van der Waals surface area contributed by atoms with Crippen LogP contribution in [-0.2, 0) is 0 Å². The molecule has 4 aromatic rings. The van der Waals surface area contributed by atoms with Gasteiger partial charge in [0.15, 0.2) is 0 Å². The minimum atomic E-state index is -0.427. The number of hydrogen-bond acceptors (Lipinski definition) is 5. The third-order valence-electron chi connectivity index (χ3n) is 5.36. The minimum absolute atomic E-state index is 0.0458. The molecule has 7 nitrogen and oxygen atoms in total. The fraction of sp³-hybridized carbons (Fsp3) is 0.250. The first kappa shape index (κ1) is 21.8. The molecule has 1 N–H and O–H groups in total. The van der Waals surface area contributed by atoms with Crippen LogP contribution in [0.4, 0.5) is 0 Å². The third-order valence-corrected chi connectivity index (χ3v) is 5.61. The maximum Gasteiger partial charge on any atom is 0.253 e. The molecule has 0 aliphatic carbocycles. The maximum absolute atomic E-state index is 13.2. The van der Waals surface area contributed by atoms with Gasteiger partial charge in [0.1, 0.15) is 6.04 Å². The third kappa shape index (κ3) is 4.29. The average molecular weight is 450 g/mol. The number of carbonyl (C=O) groups excluding carboxylic acids is 1. The van der Waals surface area contributed by atoms with Gasteiger partial charge in [-0.2, -0.15) is 4.98 Å². The molecule has 0 aliphatic heterocycles. The van der Waals surface area contributed by atoms with Crippen LogP contribution in [0.2, 0.25) is 5.02 Å². The Morgan fingerprint density at radius 3 is 2.44 bits per heavy atom. The summed E-state index contributed by atoms with van der Waals surface area (Å²) in [6.07, 6.45) is 3.34. The Kier molecular flexibility index (Phi) is 6.10. The molecule has 32 heavy (non-hydrogen) atoms. The first-order valence-electron chi connectivity index (χ1n) is 10.3. The predicted octanol–water partition coefficient (Wildman–Crippen LogP) is 5.32. The first-order valence-corrected chi connectivity index (χ1v) is 10.7. The zero-order chi connectivity index (χ0) is 22.8. The Hall–Kier alpha value is -3.45. The van der Waals surface area contributed by atoms with Gasteiger partial charge < -0.3 is 14.4 Å². The average Bonchev–Trinajstić information content (AvgIpc) is 3.38. The van der Waals surface area contributed by atoms with Gasteiger partial charge in [-0.25, -0.2) is 0 Å². The fourth-order valence-corrected chi connectivity index (χ4v) is 3.82. The van der Waals surface area contributed by atoms with E-state index in [2.05, 4.69) is 20.4 Å². The van der Waals surface area contributed by atoms with E-state index < -0.39 is 6.04 Å². The molecule has 1 atom stereocenters. The lowest BCUT2D eigenvalue weighted by Gasteiger charge is -2.18. The molecule has 0 spiro atoms. The van der Waals surface area contributed by atoms with Crippen molar-refractivity contribution in [1.29, 1.82) is 0 Å². The summed E-state index contributed by atoms with van der Waals surface area (Å²) in [6, 6.07) is 12.6. The molecule has 1 unspecified atom stereocenters. The second-order valence-electron chi connectivity index (χ2n) is 7.98. The van der Waals surface area contributed by atoms with Gasteiger partial charge in [0.2, 0.25) is 11.7 Å². The molecular formula is C24H24ClN5O2. The monoisotopic (exact) mass is 449 g/mol. The van der Waals surface area contributed by atoms with E-state index in [9.17, 15) is 4.79 Å². The number of carbonyl (C=O) groups is 1. The summed E-state index contributed by atoms with van der Waals surface area (Å²) in [7, 11) is 0. The van der Waals surface area contributed by atoms with E-state index in [0.717, 1.165) is 22.6 Å². The van der Waals surface area contributed by atoms with Crippen LogP contribution in [0.15, 0.2) is 59.4 Å². The van der Waals surface area contributed by atoms with E-state index in [-0.39, 0.29) is 11.8 Å². The number of aromatic nitrogens is 4. The maximum atomic E-state index is 13.2. The van der Waals surface area contributed by atoms with Gasteiger partial charge in [0.05, 0.1) is 5.56 Å². The van der Waals surface area contributed by atoms with E-state index in [1.165, 1.54) is 0 Å². The van der Waals surface area contributed by atoms with Crippen LogP contribution >= 0.6 is 11.6 Å². The molecule has 0 bridgehead atoms. The van der Waals surface area contributed by atoms with Crippen molar-refractivity contribution in [3.8, 4) is 17.1 Å². The van der Waals surface area contributed by atoms with Gasteiger partial charge in [-0.15, -0.1) is 0 Å². The van der Waals surface area contributed by atoms with Gasteiger partial charge >= 0.3 is 0 Å². The summed E-state index contributed by atoms with van der Waals surface area (Å²) in [4.78, 5) is 21.8. The highest BCUT2D eigenvalue weighted by Crippen LogP contribution is 2.26. The molecule has 0 saturated carbocycles. The van der Waals surface area contributed by atoms with E-state index >= 15 is 0 Å². The van der Waals surface area contributed by atoms with Crippen LogP contribution < -0.4 is 5.32 Å². The molecule has 1 aromatic carbocycles. The van der Waals surface area contributed by atoms with Gasteiger partial charge in [-0.3, -0.25) is 9.78 Å². The second-order valence-corrected chi connectivity index (χ2v) is 8.42. The lowest BCUT2D eigenvalue weighted by Crippen LogP contribution is -2.32. The Morgan fingerprint density at radius 1 is 1.09 bits per heavy atom. The highest BCUT2D eigenvalue weighted by molar-refractivity contribution is 6.30. The number of halogens is 1. The molecule has 4 rings (SSSR count). The Balaban J connectivity index is 1.60. The SMILES string of the molecule is Cc1cc(C(=O)NC(c2nc(-c3ccncc3)no2)C(C)C)c(C)n1-c1ccc(Cl)cc1. The highest BCUT2D eigenvalue weighted by Gasteiger charge is 2.27. The second kappa shape index (κ2) is 8.96. The highest BCUT2D eigenvalue weighted by atomic mass is 35.5. The number of pyridine rings is 1. The van der Waals surface area contributed by atoms with Crippen LogP contribution in [0.25, 0.3) is 17.1 Å². The number of hydrogen-bond donors (Lipinski definition) is 1. The summed E-state index contributed by atoms with van der Waals surface area (Å²) in [5.74, 6) is 0.681. The van der Waals surface area contributed by atoms with Gasteiger partial charge in [-0.1, -0.05) is 30.6 Å². The van der Waals surface area contributed by atoms with Crippen molar-refractivity contribution in [3.63, 3.8) is 0 Å². The van der Waals surface area contributed by atoms with E-state index in [4.69, 9.17) is 16.1 Å². The summed E-state index contributed by atoms with van der Waals surface area (Å²) < 4.78 is 7.54. The number of nitrogens with one attached hydrogen (secondary N) is 1. The Morgan fingerprint density at radius 2 is 1.78 bits per heavy atom. The molecule has 0 saturated heterocycles. The largest absolute Gasteiger partial charge is 0.340 e. The summed E-state index contributed by atoms with van der Waals surface area (Å²) >= 11 is 6.02. The molecule has 3 heterocycles. The van der Waals surface area contributed by atoms with E-state index in [1.807, 2.05) is 74.7 Å². The van der Waals surface area contributed by atoms with Crippen LogP contribution in [0.5, 0.6) is 0 Å². The lowest BCUT2D eigenvalue weighted by atomic mass is 10.0. The number of rotatable bonds is 6. The van der Waals surface area contributed by atoms with Crippen molar-refractivity contribution in [2.24, 2.45) is 5.92 Å². The Bertz CT molecular complexity index is 1230. The van der Waals surface area contributed by atoms with Gasteiger partial charge in [0, 0.05) is 40.1 Å². The summed E-state index contributed by atoms with van der Waals surface area (Å²) in [6.45, 7) is 7.89.